The van der Waals surface area contributed by atoms with Crippen molar-refractivity contribution < 1.29 is 13.2 Å². The second kappa shape index (κ2) is 7.44. The van der Waals surface area contributed by atoms with Crippen molar-refractivity contribution in [1.82, 2.24) is 5.43 Å². The van der Waals surface area contributed by atoms with Gasteiger partial charge in [-0.05, 0) is 12.5 Å². The Morgan fingerprint density at radius 2 is 2.00 bits per heavy atom. The summed E-state index contributed by atoms with van der Waals surface area (Å²) in [5.74, 6) is -1.19. The van der Waals surface area contributed by atoms with E-state index in [1.54, 1.807) is 11.5 Å². The molecule has 0 aromatic heterocycles. The minimum atomic E-state index is -4.57. The van der Waals surface area contributed by atoms with Gasteiger partial charge in [0, 0.05) is 12.4 Å². The van der Waals surface area contributed by atoms with E-state index >= 15 is 0 Å². The average Bonchev–Trinajstić information content (AvgIpc) is 2.20. The first-order chi connectivity index (χ1) is 7.52. The van der Waals surface area contributed by atoms with Crippen LogP contribution in [0.1, 0.15) is 6.42 Å². The van der Waals surface area contributed by atoms with Crippen LogP contribution < -0.4 is 5.43 Å². The zero-order valence-electron chi connectivity index (χ0n) is 8.54. The van der Waals surface area contributed by atoms with Gasteiger partial charge in [0.2, 0.25) is 5.84 Å². The van der Waals surface area contributed by atoms with Crippen molar-refractivity contribution in [3.63, 3.8) is 0 Å². The molecule has 16 heavy (non-hydrogen) atoms. The van der Waals surface area contributed by atoms with E-state index in [0.29, 0.717) is 6.42 Å². The zero-order chi connectivity index (χ0) is 12.4. The molecule has 0 aliphatic rings. The van der Waals surface area contributed by atoms with Crippen LogP contribution >= 0.6 is 0 Å². The Morgan fingerprint density at radius 3 is 2.50 bits per heavy atom. The van der Waals surface area contributed by atoms with Crippen molar-refractivity contribution in [3.8, 4) is 0 Å². The van der Waals surface area contributed by atoms with Gasteiger partial charge in [-0.2, -0.15) is 18.3 Å². The molecule has 0 aromatic rings. The van der Waals surface area contributed by atoms with Crippen molar-refractivity contribution in [2.75, 3.05) is 0 Å². The largest absolute Gasteiger partial charge is 0.450 e. The lowest BCUT2D eigenvalue weighted by atomic mass is 10.4. The van der Waals surface area contributed by atoms with E-state index in [0.717, 1.165) is 12.4 Å². The van der Waals surface area contributed by atoms with Gasteiger partial charge in [0.25, 0.3) is 0 Å². The highest BCUT2D eigenvalue weighted by molar-refractivity contribution is 5.88. The summed E-state index contributed by atoms with van der Waals surface area (Å²) in [4.78, 5) is 3.21. The minimum Gasteiger partial charge on any atom is -0.257 e. The number of alkyl halides is 3. The second-order valence-corrected chi connectivity index (χ2v) is 2.51. The molecule has 0 atom stereocenters. The number of aliphatic imine (C=N–C) groups is 1. The van der Waals surface area contributed by atoms with Gasteiger partial charge in [-0.1, -0.05) is 18.7 Å². The fourth-order valence-corrected chi connectivity index (χ4v) is 0.601. The number of amidine groups is 1. The predicted octanol–water partition coefficient (Wildman–Crippen LogP) is 2.80. The number of nitrogens with zero attached hydrogens (tertiary/aromatic N) is 2. The summed E-state index contributed by atoms with van der Waals surface area (Å²) in [7, 11) is 0. The Morgan fingerprint density at radius 1 is 1.31 bits per heavy atom. The summed E-state index contributed by atoms with van der Waals surface area (Å²) in [5.41, 5.74) is 1.78. The quantitative estimate of drug-likeness (QED) is 0.336. The Labute approximate surface area is 91.8 Å². The SMILES string of the molecule is C=C/C=N/NC(=N/C=C/CC=C)C(F)(F)F. The van der Waals surface area contributed by atoms with Crippen LogP contribution in [-0.2, 0) is 0 Å². The molecule has 0 amide bonds. The second-order valence-electron chi connectivity index (χ2n) is 2.51. The third-order valence-electron chi connectivity index (χ3n) is 1.23. The highest BCUT2D eigenvalue weighted by Gasteiger charge is 2.35. The van der Waals surface area contributed by atoms with Crippen molar-refractivity contribution in [3.05, 3.63) is 37.6 Å². The summed E-state index contributed by atoms with van der Waals surface area (Å²) in [5, 5.41) is 3.26. The summed E-state index contributed by atoms with van der Waals surface area (Å²) in [6.07, 6.45) is 2.24. The van der Waals surface area contributed by atoms with Crippen molar-refractivity contribution in [2.24, 2.45) is 10.1 Å². The molecule has 0 heterocycles. The fraction of sp³-hybridized carbons (Fsp3) is 0.200. The molecule has 0 rings (SSSR count). The molecule has 0 saturated heterocycles. The molecule has 0 unspecified atom stereocenters. The molecule has 0 bridgehead atoms. The minimum absolute atomic E-state index is 0.449. The van der Waals surface area contributed by atoms with Crippen LogP contribution in [0, 0.1) is 0 Å². The molecule has 0 spiro atoms. The average molecular weight is 231 g/mol. The van der Waals surface area contributed by atoms with E-state index in [2.05, 4.69) is 23.3 Å². The van der Waals surface area contributed by atoms with E-state index in [9.17, 15) is 13.2 Å². The first-order valence-electron chi connectivity index (χ1n) is 4.33. The van der Waals surface area contributed by atoms with E-state index in [4.69, 9.17) is 0 Å². The number of rotatable bonds is 5. The third-order valence-corrected chi connectivity index (χ3v) is 1.23. The highest BCUT2D eigenvalue weighted by atomic mass is 19.4. The maximum absolute atomic E-state index is 12.3. The summed E-state index contributed by atoms with van der Waals surface area (Å²) in [6, 6.07) is 0. The molecule has 88 valence electrons. The van der Waals surface area contributed by atoms with Gasteiger partial charge in [0.15, 0.2) is 0 Å². The maximum atomic E-state index is 12.3. The third kappa shape index (κ3) is 6.58. The monoisotopic (exact) mass is 231 g/mol. The van der Waals surface area contributed by atoms with Crippen LogP contribution in [0.15, 0.2) is 47.7 Å². The van der Waals surface area contributed by atoms with Gasteiger partial charge < -0.3 is 0 Å². The molecular formula is C10H12F3N3. The van der Waals surface area contributed by atoms with Crippen LogP contribution in [-0.4, -0.2) is 18.2 Å². The molecule has 0 fully saturated rings. The van der Waals surface area contributed by atoms with Gasteiger partial charge in [-0.3, -0.25) is 5.43 Å². The normalized spacial score (nSPS) is 13.3. The lowest BCUT2D eigenvalue weighted by Gasteiger charge is -2.07. The molecule has 6 heteroatoms. The number of hydrogen-bond acceptors (Lipinski definition) is 2. The fourth-order valence-electron chi connectivity index (χ4n) is 0.601. The standard InChI is InChI=1S/C10H12F3N3/c1-3-5-6-8-14-9(10(11,12)13)16-15-7-4-2/h3-4,6-8H,1-2,5H2,(H,14,16)/b8-6+,15-7+. The zero-order valence-corrected chi connectivity index (χ0v) is 8.54. The Bertz CT molecular complexity index is 314. The molecule has 0 aromatic carbocycles. The van der Waals surface area contributed by atoms with Gasteiger partial charge in [0.05, 0.1) is 0 Å². The lowest BCUT2D eigenvalue weighted by Crippen LogP contribution is -2.33. The Hall–Kier alpha value is -1.85. The van der Waals surface area contributed by atoms with Crippen LogP contribution in [0.5, 0.6) is 0 Å². The van der Waals surface area contributed by atoms with Crippen molar-refractivity contribution in [1.29, 1.82) is 0 Å². The van der Waals surface area contributed by atoms with Gasteiger partial charge in [0.1, 0.15) is 0 Å². The van der Waals surface area contributed by atoms with E-state index in [-0.39, 0.29) is 0 Å². The lowest BCUT2D eigenvalue weighted by molar-refractivity contribution is -0.0617. The Balaban J connectivity index is 4.60. The summed E-state index contributed by atoms with van der Waals surface area (Å²) < 4.78 is 36.9. The molecule has 3 nitrogen and oxygen atoms in total. The van der Waals surface area contributed by atoms with E-state index in [1.807, 2.05) is 0 Å². The van der Waals surface area contributed by atoms with E-state index in [1.165, 1.54) is 12.2 Å². The first-order valence-corrected chi connectivity index (χ1v) is 4.33. The van der Waals surface area contributed by atoms with Gasteiger partial charge in [-0.15, -0.1) is 6.58 Å². The molecule has 0 aliphatic heterocycles. The van der Waals surface area contributed by atoms with Crippen LogP contribution in [0.3, 0.4) is 0 Å². The smallest absolute Gasteiger partial charge is 0.257 e. The molecular weight excluding hydrogens is 219 g/mol. The number of halogens is 3. The first kappa shape index (κ1) is 14.2. The molecule has 0 radical (unpaired) electrons. The molecule has 0 saturated carbocycles. The van der Waals surface area contributed by atoms with Crippen molar-refractivity contribution in [2.45, 2.75) is 12.6 Å². The molecule has 1 N–H and O–H groups in total. The number of nitrogens with one attached hydrogen (secondary N) is 1. The predicted molar refractivity (Wildman–Crippen MR) is 59.3 cm³/mol. The van der Waals surface area contributed by atoms with Crippen LogP contribution in [0.2, 0.25) is 0 Å². The number of hydrazone groups is 1. The maximum Gasteiger partial charge on any atom is 0.450 e. The molecule has 0 aliphatic carbocycles. The topological polar surface area (TPSA) is 36.8 Å². The van der Waals surface area contributed by atoms with Gasteiger partial charge >= 0.3 is 6.18 Å². The van der Waals surface area contributed by atoms with E-state index < -0.39 is 12.0 Å². The summed E-state index contributed by atoms with van der Waals surface area (Å²) in [6.45, 7) is 6.69. The highest BCUT2D eigenvalue weighted by Crippen LogP contribution is 2.15. The summed E-state index contributed by atoms with van der Waals surface area (Å²) >= 11 is 0. The van der Waals surface area contributed by atoms with Crippen LogP contribution in [0.4, 0.5) is 13.2 Å². The number of hydrogen-bond donors (Lipinski definition) is 1. The Kier molecular flexibility index (Phi) is 6.58. The number of allylic oxidation sites excluding steroid dienone is 3. The van der Waals surface area contributed by atoms with Crippen LogP contribution in [0.25, 0.3) is 0 Å². The van der Waals surface area contributed by atoms with Crippen molar-refractivity contribution >= 4 is 12.1 Å². The van der Waals surface area contributed by atoms with Gasteiger partial charge in [-0.25, -0.2) is 4.99 Å².